The minimum Gasteiger partial charge on any atom is -0.459 e. The zero-order chi connectivity index (χ0) is 17.9. The first-order valence-electron chi connectivity index (χ1n) is 7.46. The van der Waals surface area contributed by atoms with Crippen molar-refractivity contribution in [3.05, 3.63) is 10.1 Å². The van der Waals surface area contributed by atoms with E-state index in [2.05, 4.69) is 15.5 Å². The largest absolute Gasteiger partial charge is 0.459 e. The van der Waals surface area contributed by atoms with Crippen LogP contribution in [-0.2, 0) is 23.8 Å². The summed E-state index contributed by atoms with van der Waals surface area (Å²) in [5, 5.41) is 14.5. The number of nitrogens with zero attached hydrogens (tertiary/aromatic N) is 1. The Labute approximate surface area is 138 Å². The number of rotatable bonds is 5. The summed E-state index contributed by atoms with van der Waals surface area (Å²) in [4.78, 5) is 38.3. The molecule has 2 fully saturated rings. The molecule has 2 heterocycles. The molecule has 4 atom stereocenters. The van der Waals surface area contributed by atoms with Gasteiger partial charge in [0.15, 0.2) is 6.10 Å². The zero-order valence-corrected chi connectivity index (χ0v) is 13.6. The molecule has 2 rings (SSSR count). The molecule has 0 bridgehead atoms. The summed E-state index contributed by atoms with van der Waals surface area (Å²) < 4.78 is 15.9. The summed E-state index contributed by atoms with van der Waals surface area (Å²) in [6, 6.07) is -1.08. The van der Waals surface area contributed by atoms with Crippen LogP contribution < -0.4 is 10.6 Å². The average molecular weight is 347 g/mol. The van der Waals surface area contributed by atoms with Crippen LogP contribution in [0.1, 0.15) is 20.8 Å². The lowest BCUT2D eigenvalue weighted by atomic mass is 10.1. The summed E-state index contributed by atoms with van der Waals surface area (Å²) in [5.41, 5.74) is -0.633. The monoisotopic (exact) mass is 347 g/mol. The summed E-state index contributed by atoms with van der Waals surface area (Å²) in [6.45, 7) is 5.03. The van der Waals surface area contributed by atoms with Crippen LogP contribution in [-0.4, -0.2) is 66.8 Å². The number of ether oxygens (including phenoxy) is 3. The Morgan fingerprint density at radius 2 is 1.92 bits per heavy atom. The van der Waals surface area contributed by atoms with E-state index in [1.54, 1.807) is 20.8 Å². The minimum atomic E-state index is -0.895. The second-order valence-corrected chi connectivity index (χ2v) is 6.48. The van der Waals surface area contributed by atoms with Crippen molar-refractivity contribution >= 4 is 12.0 Å². The number of carbonyl (C=O) groups is 2. The van der Waals surface area contributed by atoms with Crippen LogP contribution in [0.4, 0.5) is 4.79 Å². The van der Waals surface area contributed by atoms with Gasteiger partial charge in [0.25, 0.3) is 5.09 Å². The molecule has 2 aliphatic rings. The van der Waals surface area contributed by atoms with E-state index < -0.39 is 47.0 Å². The first kappa shape index (κ1) is 18.2. The Hall–Kier alpha value is -2.14. The third-order valence-corrected chi connectivity index (χ3v) is 3.36. The van der Waals surface area contributed by atoms with Gasteiger partial charge in [-0.05, 0) is 20.8 Å². The zero-order valence-electron chi connectivity index (χ0n) is 13.6. The fourth-order valence-corrected chi connectivity index (χ4v) is 2.54. The molecule has 0 aromatic carbocycles. The molecule has 2 aliphatic heterocycles. The normalized spacial score (nSPS) is 28.8. The average Bonchev–Trinajstić information content (AvgIpc) is 2.99. The van der Waals surface area contributed by atoms with Gasteiger partial charge in [0.05, 0.1) is 19.3 Å². The van der Waals surface area contributed by atoms with Gasteiger partial charge in [-0.2, -0.15) is 0 Å². The van der Waals surface area contributed by atoms with Gasteiger partial charge >= 0.3 is 12.0 Å². The van der Waals surface area contributed by atoms with E-state index in [0.29, 0.717) is 0 Å². The lowest BCUT2D eigenvalue weighted by molar-refractivity contribution is -0.769. The highest BCUT2D eigenvalue weighted by Gasteiger charge is 2.49. The molecule has 0 aromatic rings. The van der Waals surface area contributed by atoms with Gasteiger partial charge in [0.2, 0.25) is 0 Å². The highest BCUT2D eigenvalue weighted by molar-refractivity contribution is 5.81. The molecule has 24 heavy (non-hydrogen) atoms. The molecular weight excluding hydrogens is 326 g/mol. The number of nitrogens with one attached hydrogen (secondary N) is 2. The lowest BCUT2D eigenvalue weighted by Crippen LogP contribution is -2.49. The lowest BCUT2D eigenvalue weighted by Gasteiger charge is -2.20. The number of amides is 2. The van der Waals surface area contributed by atoms with E-state index >= 15 is 0 Å². The van der Waals surface area contributed by atoms with Crippen molar-refractivity contribution in [1.82, 2.24) is 10.6 Å². The van der Waals surface area contributed by atoms with Crippen LogP contribution in [0.25, 0.3) is 0 Å². The minimum absolute atomic E-state index is 0.00796. The third kappa shape index (κ3) is 4.93. The molecule has 2 saturated heterocycles. The van der Waals surface area contributed by atoms with E-state index in [0.717, 1.165) is 0 Å². The molecule has 1 unspecified atom stereocenters. The van der Waals surface area contributed by atoms with Crippen LogP contribution in [0, 0.1) is 10.1 Å². The van der Waals surface area contributed by atoms with Gasteiger partial charge < -0.3 is 29.7 Å². The van der Waals surface area contributed by atoms with E-state index in [1.165, 1.54) is 0 Å². The van der Waals surface area contributed by atoms with Gasteiger partial charge in [-0.15, -0.1) is 10.1 Å². The van der Waals surface area contributed by atoms with Gasteiger partial charge in [-0.1, -0.05) is 0 Å². The molecule has 0 radical (unpaired) electrons. The molecule has 0 saturated carbocycles. The highest BCUT2D eigenvalue weighted by Crippen LogP contribution is 2.28. The summed E-state index contributed by atoms with van der Waals surface area (Å²) >= 11 is 0. The van der Waals surface area contributed by atoms with Crippen LogP contribution >= 0.6 is 0 Å². The Balaban J connectivity index is 1.75. The molecule has 136 valence electrons. The van der Waals surface area contributed by atoms with Crippen molar-refractivity contribution in [3.63, 3.8) is 0 Å². The fourth-order valence-electron chi connectivity index (χ4n) is 2.54. The van der Waals surface area contributed by atoms with E-state index in [4.69, 9.17) is 14.2 Å². The topological polar surface area (TPSA) is 138 Å². The van der Waals surface area contributed by atoms with Gasteiger partial charge in [0.1, 0.15) is 24.4 Å². The molecule has 0 spiro atoms. The maximum absolute atomic E-state index is 11.8. The number of hydrogen-bond acceptors (Lipinski definition) is 8. The second kappa shape index (κ2) is 7.18. The summed E-state index contributed by atoms with van der Waals surface area (Å²) in [6.07, 6.45) is -1.98. The van der Waals surface area contributed by atoms with Crippen molar-refractivity contribution < 1.29 is 33.7 Å². The molecule has 11 heteroatoms. The van der Waals surface area contributed by atoms with E-state index in [-0.39, 0.29) is 19.8 Å². The Bertz CT molecular complexity index is 506. The molecule has 0 aliphatic carbocycles. The Kier molecular flexibility index (Phi) is 5.44. The number of fused-ring (bicyclic) bond motifs is 1. The maximum atomic E-state index is 11.8. The van der Waals surface area contributed by atoms with Crippen LogP contribution in [0.3, 0.4) is 0 Å². The first-order chi connectivity index (χ1) is 11.2. The summed E-state index contributed by atoms with van der Waals surface area (Å²) in [7, 11) is 0. The maximum Gasteiger partial charge on any atom is 0.325 e. The van der Waals surface area contributed by atoms with Crippen LogP contribution in [0.15, 0.2) is 0 Å². The molecular formula is C13H21N3O8. The predicted molar refractivity (Wildman–Crippen MR) is 77.5 cm³/mol. The van der Waals surface area contributed by atoms with Gasteiger partial charge in [-0.25, -0.2) is 4.79 Å². The number of carbonyl (C=O) groups excluding carboxylic acids is 2. The van der Waals surface area contributed by atoms with E-state index in [1.807, 2.05) is 0 Å². The molecule has 2 N–H and O–H groups in total. The highest BCUT2D eigenvalue weighted by atomic mass is 17.0. The van der Waals surface area contributed by atoms with E-state index in [9.17, 15) is 19.7 Å². The predicted octanol–water partition coefficient (Wildman–Crippen LogP) is -0.630. The molecule has 2 amide bonds. The van der Waals surface area contributed by atoms with Crippen molar-refractivity contribution in [2.75, 3.05) is 19.8 Å². The standard InChI is InChI=1S/C13H21N3O8/c1-13(2,3)23-9(17)4-14-12(18)15-7-5-21-11-8(24-16(19)20)6-22-10(7)11/h7-8,10-11H,4-6H2,1-3H3,(H2,14,15,18)/t7-,8?,10+,11+/m0/s1. The van der Waals surface area contributed by atoms with Crippen LogP contribution in [0.5, 0.6) is 0 Å². The third-order valence-electron chi connectivity index (χ3n) is 3.36. The van der Waals surface area contributed by atoms with Crippen molar-refractivity contribution in [1.29, 1.82) is 0 Å². The SMILES string of the molecule is CC(C)(C)OC(=O)CNC(=O)N[C@H]1CO[C@@H]2C(O[N+](=O)[O-])CO[C@H]12. The smallest absolute Gasteiger partial charge is 0.325 e. The van der Waals surface area contributed by atoms with Gasteiger partial charge in [0, 0.05) is 0 Å². The Morgan fingerprint density at radius 1 is 1.25 bits per heavy atom. The number of hydrogen-bond donors (Lipinski definition) is 2. The van der Waals surface area contributed by atoms with Gasteiger partial charge in [-0.3, -0.25) is 4.79 Å². The number of urea groups is 1. The molecule has 0 aromatic heterocycles. The van der Waals surface area contributed by atoms with Crippen molar-refractivity contribution in [2.24, 2.45) is 0 Å². The van der Waals surface area contributed by atoms with Crippen molar-refractivity contribution in [2.45, 2.75) is 50.7 Å². The molecule has 11 nitrogen and oxygen atoms in total. The Morgan fingerprint density at radius 3 is 2.54 bits per heavy atom. The first-order valence-corrected chi connectivity index (χ1v) is 7.46. The second-order valence-electron chi connectivity index (χ2n) is 6.48. The quantitative estimate of drug-likeness (QED) is 0.381. The number of esters is 1. The van der Waals surface area contributed by atoms with Crippen LogP contribution in [0.2, 0.25) is 0 Å². The summed E-state index contributed by atoms with van der Waals surface area (Å²) in [5.74, 6) is -0.560. The van der Waals surface area contributed by atoms with Crippen molar-refractivity contribution in [3.8, 4) is 0 Å². The fraction of sp³-hybridized carbons (Fsp3) is 0.846.